The van der Waals surface area contributed by atoms with Crippen LogP contribution in [-0.4, -0.2) is 36.1 Å². The fourth-order valence-corrected chi connectivity index (χ4v) is 4.09. The highest BCUT2D eigenvalue weighted by Gasteiger charge is 2.29. The van der Waals surface area contributed by atoms with E-state index < -0.39 is 5.82 Å². The van der Waals surface area contributed by atoms with Gasteiger partial charge < -0.3 is 9.64 Å². The zero-order valence-corrected chi connectivity index (χ0v) is 17.2. The first-order valence-electron chi connectivity index (χ1n) is 9.21. The maximum atomic E-state index is 14.6. The van der Waals surface area contributed by atoms with Crippen molar-refractivity contribution in [3.05, 3.63) is 52.5 Å². The maximum absolute atomic E-state index is 14.6. The van der Waals surface area contributed by atoms with Gasteiger partial charge in [0.2, 0.25) is 0 Å². The number of anilines is 1. The lowest BCUT2D eigenvalue weighted by molar-refractivity contribution is -0.145. The van der Waals surface area contributed by atoms with Crippen LogP contribution in [0.3, 0.4) is 0 Å². The Hall–Kier alpha value is -2.44. The van der Waals surface area contributed by atoms with E-state index in [0.29, 0.717) is 34.3 Å². The van der Waals surface area contributed by atoms with E-state index in [4.69, 9.17) is 27.9 Å². The lowest BCUT2D eigenvalue weighted by Gasteiger charge is -2.33. The first-order chi connectivity index (χ1) is 14.0. The first kappa shape index (κ1) is 19.9. The molecule has 29 heavy (non-hydrogen) atoms. The fourth-order valence-electron chi connectivity index (χ4n) is 3.80. The normalized spacial score (nSPS) is 16.8. The number of esters is 1. The second kappa shape index (κ2) is 8.13. The molecule has 1 aliphatic heterocycles. The Morgan fingerprint density at radius 2 is 2.03 bits per heavy atom. The molecule has 0 saturated carbocycles. The Kier molecular flexibility index (Phi) is 5.56. The highest BCUT2D eigenvalue weighted by atomic mass is 35.5. The number of rotatable bonds is 3. The number of carbonyl (C=O) groups is 1. The Morgan fingerprint density at radius 1 is 1.21 bits per heavy atom. The number of methoxy groups -OCH3 is 1. The minimum Gasteiger partial charge on any atom is -0.469 e. The van der Waals surface area contributed by atoms with Crippen molar-refractivity contribution < 1.29 is 13.9 Å². The molecule has 0 N–H and O–H groups in total. The molecule has 0 amide bonds. The van der Waals surface area contributed by atoms with Crippen molar-refractivity contribution in [1.82, 2.24) is 9.97 Å². The summed E-state index contributed by atoms with van der Waals surface area (Å²) in [6, 6.07) is 8.33. The van der Waals surface area contributed by atoms with Gasteiger partial charge in [-0.3, -0.25) is 4.79 Å². The molecule has 2 aromatic carbocycles. The highest BCUT2D eigenvalue weighted by molar-refractivity contribution is 6.42. The lowest BCUT2D eigenvalue weighted by atomic mass is 9.96. The van der Waals surface area contributed by atoms with Crippen LogP contribution in [0, 0.1) is 11.7 Å². The molecule has 4 rings (SSSR count). The second-order valence-electron chi connectivity index (χ2n) is 6.95. The largest absolute Gasteiger partial charge is 0.469 e. The van der Waals surface area contributed by atoms with E-state index in [1.54, 1.807) is 18.2 Å². The zero-order chi connectivity index (χ0) is 20.5. The zero-order valence-electron chi connectivity index (χ0n) is 15.7. The van der Waals surface area contributed by atoms with Crippen LogP contribution in [0.1, 0.15) is 12.8 Å². The lowest BCUT2D eigenvalue weighted by Crippen LogP contribution is -2.39. The quantitative estimate of drug-likeness (QED) is 0.535. The first-order valence-corrected chi connectivity index (χ1v) is 9.96. The van der Waals surface area contributed by atoms with E-state index in [-0.39, 0.29) is 17.4 Å². The van der Waals surface area contributed by atoms with Gasteiger partial charge >= 0.3 is 5.97 Å². The molecule has 1 unspecified atom stereocenters. The number of benzene rings is 2. The van der Waals surface area contributed by atoms with Gasteiger partial charge in [0, 0.05) is 13.1 Å². The third-order valence-corrected chi connectivity index (χ3v) is 5.94. The van der Waals surface area contributed by atoms with Gasteiger partial charge in [-0.1, -0.05) is 35.3 Å². The smallest absolute Gasteiger partial charge is 0.310 e. The van der Waals surface area contributed by atoms with Crippen molar-refractivity contribution in [3.8, 4) is 11.1 Å². The summed E-state index contributed by atoms with van der Waals surface area (Å²) in [4.78, 5) is 22.7. The van der Waals surface area contributed by atoms with Gasteiger partial charge in [-0.05, 0) is 42.2 Å². The number of hydrogen-bond donors (Lipinski definition) is 0. The number of hydrogen-bond acceptors (Lipinski definition) is 5. The van der Waals surface area contributed by atoms with Crippen LogP contribution in [0.15, 0.2) is 36.7 Å². The van der Waals surface area contributed by atoms with Crippen LogP contribution in [0.5, 0.6) is 0 Å². The average Bonchev–Trinajstić information content (AvgIpc) is 2.75. The van der Waals surface area contributed by atoms with E-state index in [0.717, 1.165) is 24.0 Å². The van der Waals surface area contributed by atoms with Gasteiger partial charge in [-0.2, -0.15) is 0 Å². The van der Waals surface area contributed by atoms with E-state index in [9.17, 15) is 9.18 Å². The summed E-state index contributed by atoms with van der Waals surface area (Å²) in [6.45, 7) is 1.16. The summed E-state index contributed by atoms with van der Waals surface area (Å²) in [5.41, 5.74) is 1.75. The van der Waals surface area contributed by atoms with Crippen molar-refractivity contribution in [2.45, 2.75) is 12.8 Å². The van der Waals surface area contributed by atoms with E-state index in [1.807, 2.05) is 11.0 Å². The Bertz CT molecular complexity index is 1090. The number of halogens is 3. The Balaban J connectivity index is 1.88. The minimum absolute atomic E-state index is 0.221. The standard InChI is InChI=1S/C21H18Cl2FN3O2/c1-29-21(28)13-3-2-8-27(10-13)20-18-14(12-4-6-15(22)16(23)9-12)5-7-17(24)19(18)25-11-26-20/h4-7,9,11,13H,2-3,8,10H2,1H3. The molecule has 1 atom stereocenters. The molecule has 5 nitrogen and oxygen atoms in total. The van der Waals surface area contributed by atoms with E-state index >= 15 is 0 Å². The third kappa shape index (κ3) is 3.74. The molecule has 150 valence electrons. The molecule has 0 radical (unpaired) electrons. The number of piperidine rings is 1. The molecule has 2 heterocycles. The van der Waals surface area contributed by atoms with Crippen LogP contribution < -0.4 is 4.90 Å². The Labute approximate surface area is 177 Å². The summed E-state index contributed by atoms with van der Waals surface area (Å²) in [6.07, 6.45) is 2.91. The molecular weight excluding hydrogens is 416 g/mol. The summed E-state index contributed by atoms with van der Waals surface area (Å²) >= 11 is 12.3. The number of nitrogens with zero attached hydrogens (tertiary/aromatic N) is 3. The van der Waals surface area contributed by atoms with Gasteiger partial charge in [0.1, 0.15) is 23.5 Å². The monoisotopic (exact) mass is 433 g/mol. The van der Waals surface area contributed by atoms with Crippen LogP contribution >= 0.6 is 23.2 Å². The summed E-state index contributed by atoms with van der Waals surface area (Å²) in [5, 5.41) is 1.43. The molecular formula is C21H18Cl2FN3O2. The minimum atomic E-state index is -0.436. The second-order valence-corrected chi connectivity index (χ2v) is 7.77. The number of aromatic nitrogens is 2. The van der Waals surface area contributed by atoms with Crippen molar-refractivity contribution in [2.24, 2.45) is 5.92 Å². The molecule has 1 aromatic heterocycles. The van der Waals surface area contributed by atoms with Crippen molar-refractivity contribution in [1.29, 1.82) is 0 Å². The number of ether oxygens (including phenoxy) is 1. The van der Waals surface area contributed by atoms with Gasteiger partial charge in [0.15, 0.2) is 0 Å². The van der Waals surface area contributed by atoms with Crippen molar-refractivity contribution in [2.75, 3.05) is 25.1 Å². The highest BCUT2D eigenvalue weighted by Crippen LogP contribution is 2.38. The van der Waals surface area contributed by atoms with E-state index in [1.165, 1.54) is 19.5 Å². The van der Waals surface area contributed by atoms with Crippen LogP contribution in [0.25, 0.3) is 22.0 Å². The maximum Gasteiger partial charge on any atom is 0.310 e. The Morgan fingerprint density at radius 3 is 2.79 bits per heavy atom. The van der Waals surface area contributed by atoms with E-state index in [2.05, 4.69) is 9.97 Å². The van der Waals surface area contributed by atoms with Gasteiger partial charge in [-0.25, -0.2) is 14.4 Å². The van der Waals surface area contributed by atoms with Crippen molar-refractivity contribution >= 4 is 45.9 Å². The predicted molar refractivity (Wildman–Crippen MR) is 112 cm³/mol. The molecule has 0 aliphatic carbocycles. The molecule has 1 aliphatic rings. The molecule has 1 saturated heterocycles. The topological polar surface area (TPSA) is 55.3 Å². The average molecular weight is 434 g/mol. The molecule has 1 fully saturated rings. The van der Waals surface area contributed by atoms with Crippen molar-refractivity contribution in [3.63, 3.8) is 0 Å². The summed E-state index contributed by atoms with van der Waals surface area (Å²) in [7, 11) is 1.39. The van der Waals surface area contributed by atoms with Crippen LogP contribution in [-0.2, 0) is 9.53 Å². The predicted octanol–water partition coefficient (Wildman–Crippen LogP) is 5.13. The van der Waals surface area contributed by atoms with Gasteiger partial charge in [0.05, 0.1) is 28.5 Å². The third-order valence-electron chi connectivity index (χ3n) is 5.21. The number of fused-ring (bicyclic) bond motifs is 1. The van der Waals surface area contributed by atoms with Crippen LogP contribution in [0.4, 0.5) is 10.2 Å². The molecule has 0 bridgehead atoms. The van der Waals surface area contributed by atoms with Crippen LogP contribution in [0.2, 0.25) is 10.0 Å². The number of carbonyl (C=O) groups excluding carboxylic acids is 1. The van der Waals surface area contributed by atoms with Gasteiger partial charge in [0.25, 0.3) is 0 Å². The molecule has 8 heteroatoms. The fraction of sp³-hybridized carbons (Fsp3) is 0.286. The summed E-state index contributed by atoms with van der Waals surface area (Å²) in [5.74, 6) is -0.345. The summed E-state index contributed by atoms with van der Waals surface area (Å²) < 4.78 is 19.5. The molecule has 0 spiro atoms. The molecule has 3 aromatic rings. The van der Waals surface area contributed by atoms with Gasteiger partial charge in [-0.15, -0.1) is 0 Å². The SMILES string of the molecule is COC(=O)C1CCCN(c2ncnc3c(F)ccc(-c4ccc(Cl)c(Cl)c4)c23)C1.